The highest BCUT2D eigenvalue weighted by Gasteiger charge is 2.26. The molecular formula is C16H26ClN3O3S. The number of anilines is 1. The number of nitrogens with zero attached hydrogens (tertiary/aromatic N) is 1. The highest BCUT2D eigenvalue weighted by Crippen LogP contribution is 2.22. The Kier molecular flexibility index (Phi) is 8.69. The fraction of sp³-hybridized carbons (Fsp3) is 0.562. The van der Waals surface area contributed by atoms with Gasteiger partial charge in [0, 0.05) is 25.2 Å². The average Bonchev–Trinajstić information content (AvgIpc) is 2.56. The Labute approximate surface area is 150 Å². The van der Waals surface area contributed by atoms with Gasteiger partial charge in [0.15, 0.2) is 0 Å². The first-order chi connectivity index (χ1) is 11.0. The van der Waals surface area contributed by atoms with Crippen LogP contribution in [0.3, 0.4) is 0 Å². The molecule has 2 N–H and O–H groups in total. The van der Waals surface area contributed by atoms with Gasteiger partial charge in [0.1, 0.15) is 0 Å². The Morgan fingerprint density at radius 2 is 1.92 bits per heavy atom. The van der Waals surface area contributed by atoms with Crippen molar-refractivity contribution in [3.8, 4) is 0 Å². The van der Waals surface area contributed by atoms with Crippen LogP contribution in [0.15, 0.2) is 29.2 Å². The maximum absolute atomic E-state index is 12.6. The van der Waals surface area contributed by atoms with Crippen molar-refractivity contribution < 1.29 is 13.2 Å². The Balaban J connectivity index is 0.00000288. The third kappa shape index (κ3) is 5.73. The number of hydrogen-bond donors (Lipinski definition) is 2. The van der Waals surface area contributed by atoms with Crippen LogP contribution in [-0.2, 0) is 14.8 Å². The van der Waals surface area contributed by atoms with Crippen LogP contribution in [0.4, 0.5) is 5.69 Å². The van der Waals surface area contributed by atoms with Gasteiger partial charge in [-0.05, 0) is 51.1 Å². The number of halogens is 1. The van der Waals surface area contributed by atoms with E-state index in [0.29, 0.717) is 25.2 Å². The summed E-state index contributed by atoms with van der Waals surface area (Å²) in [5, 5.41) is 5.75. The first-order valence-electron chi connectivity index (χ1n) is 8.09. The molecule has 0 atom stereocenters. The van der Waals surface area contributed by atoms with Crippen molar-refractivity contribution in [2.75, 3.05) is 32.0 Å². The molecule has 2 rings (SSSR count). The minimum absolute atomic E-state index is 0. The zero-order valence-corrected chi connectivity index (χ0v) is 15.6. The molecule has 1 saturated heterocycles. The van der Waals surface area contributed by atoms with Crippen molar-refractivity contribution in [2.24, 2.45) is 0 Å². The van der Waals surface area contributed by atoms with Crippen LogP contribution >= 0.6 is 12.4 Å². The lowest BCUT2D eigenvalue weighted by atomic mass is 10.2. The molecule has 1 aliphatic heterocycles. The van der Waals surface area contributed by atoms with Crippen LogP contribution in [0.5, 0.6) is 0 Å². The number of sulfonamides is 1. The number of benzene rings is 1. The Bertz CT molecular complexity index is 631. The third-order valence-electron chi connectivity index (χ3n) is 3.90. The summed E-state index contributed by atoms with van der Waals surface area (Å²) < 4.78 is 26.8. The molecule has 0 bridgehead atoms. The molecule has 0 spiro atoms. The summed E-state index contributed by atoms with van der Waals surface area (Å²) in [7, 11) is -1.63. The summed E-state index contributed by atoms with van der Waals surface area (Å²) >= 11 is 0. The Morgan fingerprint density at radius 3 is 2.58 bits per heavy atom. The second-order valence-corrected chi connectivity index (χ2v) is 7.69. The van der Waals surface area contributed by atoms with Gasteiger partial charge in [-0.15, -0.1) is 12.4 Å². The molecule has 1 fully saturated rings. The van der Waals surface area contributed by atoms with Crippen molar-refractivity contribution in [3.05, 3.63) is 24.3 Å². The number of hydrogen-bond acceptors (Lipinski definition) is 4. The third-order valence-corrected chi connectivity index (χ3v) is 5.80. The van der Waals surface area contributed by atoms with E-state index in [1.54, 1.807) is 24.3 Å². The predicted molar refractivity (Wildman–Crippen MR) is 98.1 cm³/mol. The number of carbonyl (C=O) groups excluding carboxylic acids is 1. The van der Waals surface area contributed by atoms with Gasteiger partial charge in [0.05, 0.1) is 4.90 Å². The lowest BCUT2D eigenvalue weighted by Crippen LogP contribution is -2.35. The summed E-state index contributed by atoms with van der Waals surface area (Å²) in [6.45, 7) is 1.92. The quantitative estimate of drug-likeness (QED) is 0.716. The monoisotopic (exact) mass is 375 g/mol. The lowest BCUT2D eigenvalue weighted by Gasteiger charge is -2.26. The van der Waals surface area contributed by atoms with Crippen molar-refractivity contribution in [2.45, 2.75) is 37.0 Å². The highest BCUT2D eigenvalue weighted by atomic mass is 35.5. The molecule has 24 heavy (non-hydrogen) atoms. The summed E-state index contributed by atoms with van der Waals surface area (Å²) in [5.74, 6) is -0.104. The van der Waals surface area contributed by atoms with E-state index in [1.807, 2.05) is 7.05 Å². The summed E-state index contributed by atoms with van der Waals surface area (Å²) in [6.07, 6.45) is 4.04. The smallest absolute Gasteiger partial charge is 0.243 e. The number of piperidine rings is 1. The fourth-order valence-electron chi connectivity index (χ4n) is 2.64. The number of nitrogens with one attached hydrogen (secondary N) is 2. The van der Waals surface area contributed by atoms with Gasteiger partial charge in [0.2, 0.25) is 15.9 Å². The van der Waals surface area contributed by atoms with Crippen LogP contribution in [0.25, 0.3) is 0 Å². The van der Waals surface area contributed by atoms with E-state index in [4.69, 9.17) is 0 Å². The van der Waals surface area contributed by atoms with Crippen molar-refractivity contribution in [3.63, 3.8) is 0 Å². The maximum Gasteiger partial charge on any atom is 0.243 e. The van der Waals surface area contributed by atoms with Crippen molar-refractivity contribution >= 4 is 34.0 Å². The van der Waals surface area contributed by atoms with Crippen LogP contribution in [0.1, 0.15) is 32.1 Å². The number of amides is 1. The molecule has 8 heteroatoms. The predicted octanol–water partition coefficient (Wildman–Crippen LogP) is 2.22. The van der Waals surface area contributed by atoms with Crippen LogP contribution in [0.2, 0.25) is 0 Å². The molecule has 0 aromatic heterocycles. The molecule has 1 heterocycles. The van der Waals surface area contributed by atoms with Crippen LogP contribution < -0.4 is 10.6 Å². The topological polar surface area (TPSA) is 78.5 Å². The van der Waals surface area contributed by atoms with Gasteiger partial charge < -0.3 is 10.6 Å². The van der Waals surface area contributed by atoms with E-state index in [2.05, 4.69) is 10.6 Å². The van der Waals surface area contributed by atoms with E-state index in [1.165, 1.54) is 4.31 Å². The normalized spacial score (nSPS) is 15.5. The molecule has 0 aliphatic carbocycles. The minimum Gasteiger partial charge on any atom is -0.326 e. The first kappa shape index (κ1) is 20.9. The van der Waals surface area contributed by atoms with Crippen LogP contribution in [0, 0.1) is 0 Å². The summed E-state index contributed by atoms with van der Waals surface area (Å²) in [5.41, 5.74) is 0.526. The van der Waals surface area contributed by atoms with Gasteiger partial charge in [-0.25, -0.2) is 8.42 Å². The van der Waals surface area contributed by atoms with Gasteiger partial charge in [-0.2, -0.15) is 4.31 Å². The average molecular weight is 376 g/mol. The molecule has 1 aromatic rings. The van der Waals surface area contributed by atoms with Crippen molar-refractivity contribution in [1.29, 1.82) is 0 Å². The molecule has 136 valence electrons. The summed E-state index contributed by atoms with van der Waals surface area (Å²) in [4.78, 5) is 12.1. The second-order valence-electron chi connectivity index (χ2n) is 5.75. The minimum atomic E-state index is -3.47. The Hall–Kier alpha value is -1.15. The summed E-state index contributed by atoms with van der Waals surface area (Å²) in [6, 6.07) is 6.51. The molecule has 1 aliphatic rings. The Morgan fingerprint density at radius 1 is 1.21 bits per heavy atom. The number of rotatable bonds is 7. The second kappa shape index (κ2) is 9.98. The van der Waals surface area contributed by atoms with Gasteiger partial charge in [0.25, 0.3) is 0 Å². The maximum atomic E-state index is 12.6. The zero-order chi connectivity index (χ0) is 16.7. The van der Waals surface area contributed by atoms with E-state index in [-0.39, 0.29) is 23.2 Å². The molecule has 0 unspecified atom stereocenters. The SMILES string of the molecule is CNCCCC(=O)Nc1cccc(S(=O)(=O)N2CCCCC2)c1.Cl. The van der Waals surface area contributed by atoms with E-state index in [9.17, 15) is 13.2 Å². The fourth-order valence-corrected chi connectivity index (χ4v) is 4.20. The standard InChI is InChI=1S/C16H25N3O3S.ClH/c1-17-10-6-9-16(20)18-14-7-5-8-15(13-14)23(21,22)19-11-3-2-4-12-19;/h5,7-8,13,17H,2-4,6,9-12H2,1H3,(H,18,20);1H. The zero-order valence-electron chi connectivity index (χ0n) is 14.0. The van der Waals surface area contributed by atoms with E-state index >= 15 is 0 Å². The molecule has 1 amide bonds. The molecular weight excluding hydrogens is 350 g/mol. The van der Waals surface area contributed by atoms with Crippen LogP contribution in [-0.4, -0.2) is 45.3 Å². The number of carbonyl (C=O) groups is 1. The molecule has 0 saturated carbocycles. The van der Waals surface area contributed by atoms with Gasteiger partial charge in [-0.1, -0.05) is 12.5 Å². The first-order valence-corrected chi connectivity index (χ1v) is 9.53. The molecule has 1 aromatic carbocycles. The lowest BCUT2D eigenvalue weighted by molar-refractivity contribution is -0.116. The van der Waals surface area contributed by atoms with Gasteiger partial charge >= 0.3 is 0 Å². The molecule has 6 nitrogen and oxygen atoms in total. The van der Waals surface area contributed by atoms with E-state index < -0.39 is 10.0 Å². The van der Waals surface area contributed by atoms with Crippen molar-refractivity contribution in [1.82, 2.24) is 9.62 Å². The highest BCUT2D eigenvalue weighted by molar-refractivity contribution is 7.89. The van der Waals surface area contributed by atoms with E-state index in [0.717, 1.165) is 32.2 Å². The molecule has 0 radical (unpaired) electrons. The largest absolute Gasteiger partial charge is 0.326 e. The van der Waals surface area contributed by atoms with Gasteiger partial charge in [-0.3, -0.25) is 4.79 Å².